The maximum Gasteiger partial charge on any atom is 0.267 e. The predicted octanol–water partition coefficient (Wildman–Crippen LogP) is 1.59. The molecule has 1 aromatic heterocycles. The number of nitrogens with zero attached hydrogens (tertiary/aromatic N) is 2. The molecule has 0 saturated heterocycles. The fourth-order valence-electron chi connectivity index (χ4n) is 1.81. The molecule has 1 N–H and O–H groups in total. The summed E-state index contributed by atoms with van der Waals surface area (Å²) < 4.78 is 1.28. The minimum absolute atomic E-state index is 0.169. The summed E-state index contributed by atoms with van der Waals surface area (Å²) in [5.74, 6) is 0. The van der Waals surface area contributed by atoms with Crippen LogP contribution < -0.4 is 5.56 Å². The summed E-state index contributed by atoms with van der Waals surface area (Å²) in [4.78, 5) is 11.7. The zero-order chi connectivity index (χ0) is 13.1. The average molecular weight is 244 g/mol. The minimum Gasteiger partial charge on any atom is -0.386 e. The van der Waals surface area contributed by atoms with Crippen molar-refractivity contribution in [2.75, 3.05) is 0 Å². The Hall–Kier alpha value is -1.94. The van der Waals surface area contributed by atoms with Gasteiger partial charge in [-0.15, -0.1) is 0 Å². The van der Waals surface area contributed by atoms with Gasteiger partial charge in [0.1, 0.15) is 0 Å². The van der Waals surface area contributed by atoms with Crippen LogP contribution in [-0.2, 0) is 6.54 Å². The van der Waals surface area contributed by atoms with E-state index in [-0.39, 0.29) is 12.1 Å². The summed E-state index contributed by atoms with van der Waals surface area (Å²) in [5.41, 5.74) is 2.50. The molecule has 2 rings (SSSR count). The molecule has 1 atom stereocenters. The van der Waals surface area contributed by atoms with E-state index in [1.54, 1.807) is 6.20 Å². The molecule has 4 nitrogen and oxygen atoms in total. The lowest BCUT2D eigenvalue weighted by molar-refractivity contribution is 0.149. The smallest absolute Gasteiger partial charge is 0.267 e. The standard InChI is InChI=1S/C14H16N2O2/c1-10-4-3-5-12(6-10)13(17)9-16-14(18)7-11(2)8-15-16/h3-8,13,17H,9H2,1-2H3. The predicted molar refractivity (Wildman–Crippen MR) is 69.4 cm³/mol. The summed E-state index contributed by atoms with van der Waals surface area (Å²) in [6.45, 7) is 3.95. The summed E-state index contributed by atoms with van der Waals surface area (Å²) in [5, 5.41) is 14.1. The van der Waals surface area contributed by atoms with Crippen molar-refractivity contribution in [3.63, 3.8) is 0 Å². The Bertz CT molecular complexity index is 605. The van der Waals surface area contributed by atoms with Gasteiger partial charge < -0.3 is 5.11 Å². The first kappa shape index (κ1) is 12.5. The Balaban J connectivity index is 2.21. The number of rotatable bonds is 3. The van der Waals surface area contributed by atoms with Crippen molar-refractivity contribution < 1.29 is 5.11 Å². The van der Waals surface area contributed by atoms with Crippen molar-refractivity contribution in [3.8, 4) is 0 Å². The van der Waals surface area contributed by atoms with E-state index in [9.17, 15) is 9.90 Å². The van der Waals surface area contributed by atoms with Crippen LogP contribution >= 0.6 is 0 Å². The molecule has 2 aromatic rings. The Morgan fingerprint density at radius 3 is 2.72 bits per heavy atom. The van der Waals surface area contributed by atoms with E-state index in [2.05, 4.69) is 5.10 Å². The highest BCUT2D eigenvalue weighted by molar-refractivity contribution is 5.23. The van der Waals surface area contributed by atoms with E-state index >= 15 is 0 Å². The van der Waals surface area contributed by atoms with Gasteiger partial charge in [-0.05, 0) is 25.0 Å². The summed E-state index contributed by atoms with van der Waals surface area (Å²) >= 11 is 0. The van der Waals surface area contributed by atoms with Gasteiger partial charge in [0.05, 0.1) is 18.8 Å². The van der Waals surface area contributed by atoms with Crippen molar-refractivity contribution in [2.24, 2.45) is 0 Å². The fraction of sp³-hybridized carbons (Fsp3) is 0.286. The number of aromatic nitrogens is 2. The van der Waals surface area contributed by atoms with Crippen LogP contribution in [0.1, 0.15) is 22.8 Å². The average Bonchev–Trinajstić information content (AvgIpc) is 2.32. The highest BCUT2D eigenvalue weighted by Crippen LogP contribution is 2.15. The molecule has 0 aliphatic heterocycles. The van der Waals surface area contributed by atoms with Crippen molar-refractivity contribution in [3.05, 3.63) is 63.6 Å². The fourth-order valence-corrected chi connectivity index (χ4v) is 1.81. The summed E-state index contributed by atoms with van der Waals surface area (Å²) in [7, 11) is 0. The molecule has 0 amide bonds. The van der Waals surface area contributed by atoms with Crippen LogP contribution in [-0.4, -0.2) is 14.9 Å². The first-order valence-corrected chi connectivity index (χ1v) is 5.84. The number of hydrogen-bond donors (Lipinski definition) is 1. The number of aryl methyl sites for hydroxylation is 2. The lowest BCUT2D eigenvalue weighted by Gasteiger charge is -2.12. The molecular weight excluding hydrogens is 228 g/mol. The summed E-state index contributed by atoms with van der Waals surface area (Å²) in [6, 6.07) is 9.11. The lowest BCUT2D eigenvalue weighted by atomic mass is 10.1. The second kappa shape index (κ2) is 5.14. The Kier molecular flexibility index (Phi) is 3.58. The van der Waals surface area contributed by atoms with Crippen molar-refractivity contribution in [1.29, 1.82) is 0 Å². The maximum absolute atomic E-state index is 11.7. The van der Waals surface area contributed by atoms with Crippen LogP contribution in [0.5, 0.6) is 0 Å². The van der Waals surface area contributed by atoms with Gasteiger partial charge in [-0.25, -0.2) is 4.68 Å². The Morgan fingerprint density at radius 1 is 1.28 bits per heavy atom. The number of aliphatic hydroxyl groups excluding tert-OH is 1. The number of aliphatic hydroxyl groups is 1. The molecule has 18 heavy (non-hydrogen) atoms. The molecule has 1 unspecified atom stereocenters. The third kappa shape index (κ3) is 2.84. The minimum atomic E-state index is -0.724. The van der Waals surface area contributed by atoms with Crippen LogP contribution in [0.3, 0.4) is 0 Å². The molecule has 0 bridgehead atoms. The van der Waals surface area contributed by atoms with E-state index in [1.807, 2.05) is 38.1 Å². The molecule has 94 valence electrons. The van der Waals surface area contributed by atoms with Gasteiger partial charge in [0.2, 0.25) is 0 Å². The molecule has 1 aromatic carbocycles. The molecule has 0 spiro atoms. The lowest BCUT2D eigenvalue weighted by Crippen LogP contribution is -2.25. The van der Waals surface area contributed by atoms with Gasteiger partial charge in [0.25, 0.3) is 5.56 Å². The number of hydrogen-bond acceptors (Lipinski definition) is 3. The van der Waals surface area contributed by atoms with Crippen molar-refractivity contribution >= 4 is 0 Å². The first-order chi connectivity index (χ1) is 8.56. The largest absolute Gasteiger partial charge is 0.386 e. The number of benzene rings is 1. The van der Waals surface area contributed by atoms with Crippen LogP contribution in [0, 0.1) is 13.8 Å². The topological polar surface area (TPSA) is 55.1 Å². The van der Waals surface area contributed by atoms with Crippen molar-refractivity contribution in [1.82, 2.24) is 9.78 Å². The van der Waals surface area contributed by atoms with Crippen molar-refractivity contribution in [2.45, 2.75) is 26.5 Å². The quantitative estimate of drug-likeness (QED) is 0.892. The van der Waals surface area contributed by atoms with E-state index < -0.39 is 6.10 Å². The highest BCUT2D eigenvalue weighted by Gasteiger charge is 2.10. The highest BCUT2D eigenvalue weighted by atomic mass is 16.3. The van der Waals surface area contributed by atoms with Crippen LogP contribution in [0.4, 0.5) is 0 Å². The van der Waals surface area contributed by atoms with E-state index in [4.69, 9.17) is 0 Å². The Morgan fingerprint density at radius 2 is 2.06 bits per heavy atom. The molecule has 0 saturated carbocycles. The molecule has 0 aliphatic rings. The monoisotopic (exact) mass is 244 g/mol. The zero-order valence-electron chi connectivity index (χ0n) is 10.5. The Labute approximate surface area is 106 Å². The third-order valence-electron chi connectivity index (χ3n) is 2.78. The van der Waals surface area contributed by atoms with Gasteiger partial charge in [0, 0.05) is 6.07 Å². The van der Waals surface area contributed by atoms with Gasteiger partial charge >= 0.3 is 0 Å². The second-order valence-corrected chi connectivity index (χ2v) is 4.48. The molecule has 0 fully saturated rings. The van der Waals surface area contributed by atoms with Crippen LogP contribution in [0.2, 0.25) is 0 Å². The normalized spacial score (nSPS) is 12.4. The SMILES string of the molecule is Cc1cccc(C(O)Cn2ncc(C)cc2=O)c1. The molecule has 1 heterocycles. The molecular formula is C14H16N2O2. The van der Waals surface area contributed by atoms with E-state index in [0.717, 1.165) is 16.7 Å². The maximum atomic E-state index is 11.7. The zero-order valence-corrected chi connectivity index (χ0v) is 10.5. The van der Waals surface area contributed by atoms with Gasteiger partial charge in [-0.2, -0.15) is 5.10 Å². The third-order valence-corrected chi connectivity index (χ3v) is 2.78. The molecule has 0 radical (unpaired) electrons. The van der Waals surface area contributed by atoms with E-state index in [1.165, 1.54) is 10.7 Å². The van der Waals surface area contributed by atoms with Gasteiger partial charge in [-0.3, -0.25) is 4.79 Å². The van der Waals surface area contributed by atoms with Gasteiger partial charge in [-0.1, -0.05) is 29.8 Å². The van der Waals surface area contributed by atoms with Gasteiger partial charge in [0.15, 0.2) is 0 Å². The summed E-state index contributed by atoms with van der Waals surface area (Å²) in [6.07, 6.45) is 0.891. The molecule has 0 aliphatic carbocycles. The molecule has 4 heteroatoms. The van der Waals surface area contributed by atoms with Crippen LogP contribution in [0.15, 0.2) is 41.3 Å². The first-order valence-electron chi connectivity index (χ1n) is 5.84. The van der Waals surface area contributed by atoms with E-state index in [0.29, 0.717) is 0 Å². The van der Waals surface area contributed by atoms with Crippen LogP contribution in [0.25, 0.3) is 0 Å². The second-order valence-electron chi connectivity index (χ2n) is 4.48.